The minimum absolute atomic E-state index is 0.705. The van der Waals surface area contributed by atoms with Gasteiger partial charge in [0.15, 0.2) is 12.8 Å². The number of hydrogen-bond donors (Lipinski definition) is 0. The Labute approximate surface area is 229 Å². The molecule has 0 radical (unpaired) electrons. The van der Waals surface area contributed by atoms with E-state index in [1.54, 1.807) is 0 Å². The molecule has 0 aromatic carbocycles. The average molecular weight is 508 g/mol. The van der Waals surface area contributed by atoms with Gasteiger partial charge in [0.05, 0.1) is 0 Å². The van der Waals surface area contributed by atoms with E-state index < -0.39 is 0 Å². The quantitative estimate of drug-likeness (QED) is 0.0301. The molecule has 0 unspecified atom stereocenters. The van der Waals surface area contributed by atoms with Crippen molar-refractivity contribution in [2.75, 3.05) is 6.54 Å². The SMILES string of the molecule is CCCCCCCCCCCCCCCCC/C=[N+](/[O-])CCCCCCCCCCCCCCCC. The molecule has 0 aliphatic rings. The second kappa shape index (κ2) is 32.5. The van der Waals surface area contributed by atoms with E-state index in [0.29, 0.717) is 6.54 Å². The third-order valence-corrected chi connectivity index (χ3v) is 7.87. The van der Waals surface area contributed by atoms with Gasteiger partial charge in [-0.3, -0.25) is 0 Å². The molecule has 0 amide bonds. The van der Waals surface area contributed by atoms with Gasteiger partial charge >= 0.3 is 0 Å². The Morgan fingerprint density at radius 1 is 0.361 bits per heavy atom. The molecule has 36 heavy (non-hydrogen) atoms. The first-order valence-electron chi connectivity index (χ1n) is 17.1. The van der Waals surface area contributed by atoms with Gasteiger partial charge in [0.2, 0.25) is 0 Å². The Hall–Kier alpha value is -0.530. The Kier molecular flexibility index (Phi) is 32.0. The van der Waals surface area contributed by atoms with Crippen LogP contribution >= 0.6 is 0 Å². The van der Waals surface area contributed by atoms with Gasteiger partial charge in [-0.25, -0.2) is 4.74 Å². The van der Waals surface area contributed by atoms with Crippen LogP contribution in [0.4, 0.5) is 0 Å². The average Bonchev–Trinajstić information content (AvgIpc) is 2.88. The van der Waals surface area contributed by atoms with Crippen molar-refractivity contribution in [2.45, 2.75) is 206 Å². The molecule has 0 bridgehead atoms. The molecule has 0 aliphatic carbocycles. The molecule has 2 nitrogen and oxygen atoms in total. The summed E-state index contributed by atoms with van der Waals surface area (Å²) in [6.07, 6.45) is 43.0. The van der Waals surface area contributed by atoms with Crippen LogP contribution in [0.2, 0.25) is 0 Å². The van der Waals surface area contributed by atoms with Crippen LogP contribution in [-0.4, -0.2) is 17.5 Å². The fraction of sp³-hybridized carbons (Fsp3) is 0.971. The van der Waals surface area contributed by atoms with Gasteiger partial charge in [0.1, 0.15) is 0 Å². The van der Waals surface area contributed by atoms with Crippen molar-refractivity contribution in [3.05, 3.63) is 5.21 Å². The van der Waals surface area contributed by atoms with Crippen molar-refractivity contribution in [1.82, 2.24) is 0 Å². The van der Waals surface area contributed by atoms with Gasteiger partial charge in [0.25, 0.3) is 0 Å². The van der Waals surface area contributed by atoms with Crippen molar-refractivity contribution in [1.29, 1.82) is 0 Å². The fourth-order valence-electron chi connectivity index (χ4n) is 5.30. The monoisotopic (exact) mass is 508 g/mol. The van der Waals surface area contributed by atoms with E-state index in [2.05, 4.69) is 13.8 Å². The summed E-state index contributed by atoms with van der Waals surface area (Å²) in [6, 6.07) is 0. The molecular weight excluding hydrogens is 438 g/mol. The van der Waals surface area contributed by atoms with E-state index in [1.165, 1.54) is 185 Å². The number of nitrogens with zero attached hydrogens (tertiary/aromatic N) is 1. The van der Waals surface area contributed by atoms with Crippen LogP contribution in [0.5, 0.6) is 0 Å². The van der Waals surface area contributed by atoms with Crippen molar-refractivity contribution in [3.8, 4) is 0 Å². The zero-order valence-electron chi connectivity index (χ0n) is 25.4. The number of hydroxylamine groups is 1. The van der Waals surface area contributed by atoms with E-state index in [9.17, 15) is 5.21 Å². The predicted molar refractivity (Wildman–Crippen MR) is 164 cm³/mol. The topological polar surface area (TPSA) is 26.1 Å². The molecule has 0 atom stereocenters. The van der Waals surface area contributed by atoms with E-state index in [-0.39, 0.29) is 0 Å². The zero-order chi connectivity index (χ0) is 26.2. The van der Waals surface area contributed by atoms with E-state index in [1.807, 2.05) is 6.21 Å². The number of rotatable bonds is 31. The normalized spacial score (nSPS) is 12.0. The van der Waals surface area contributed by atoms with Gasteiger partial charge in [-0.2, -0.15) is 0 Å². The molecule has 216 valence electrons. The third kappa shape index (κ3) is 31.5. The zero-order valence-corrected chi connectivity index (χ0v) is 25.4. The van der Waals surface area contributed by atoms with Gasteiger partial charge in [-0.15, -0.1) is 0 Å². The van der Waals surface area contributed by atoms with Crippen LogP contribution in [0, 0.1) is 5.21 Å². The summed E-state index contributed by atoms with van der Waals surface area (Å²) in [7, 11) is 0. The largest absolute Gasteiger partial charge is 0.624 e. The molecule has 0 aromatic rings. The highest BCUT2D eigenvalue weighted by molar-refractivity contribution is 5.50. The highest BCUT2D eigenvalue weighted by Gasteiger charge is 1.98. The maximum Gasteiger partial charge on any atom is 0.153 e. The summed E-state index contributed by atoms with van der Waals surface area (Å²) >= 11 is 0. The summed E-state index contributed by atoms with van der Waals surface area (Å²) in [4.78, 5) is 0. The van der Waals surface area contributed by atoms with Crippen molar-refractivity contribution in [3.63, 3.8) is 0 Å². The van der Waals surface area contributed by atoms with E-state index in [0.717, 1.165) is 12.8 Å². The summed E-state index contributed by atoms with van der Waals surface area (Å²) in [5.74, 6) is 0. The lowest BCUT2D eigenvalue weighted by atomic mass is 10.0. The highest BCUT2D eigenvalue weighted by Crippen LogP contribution is 2.14. The van der Waals surface area contributed by atoms with Crippen molar-refractivity contribution >= 4 is 6.21 Å². The van der Waals surface area contributed by atoms with Crippen molar-refractivity contribution < 1.29 is 4.74 Å². The maximum atomic E-state index is 12.0. The highest BCUT2D eigenvalue weighted by atomic mass is 16.5. The van der Waals surface area contributed by atoms with Gasteiger partial charge < -0.3 is 5.21 Å². The smallest absolute Gasteiger partial charge is 0.153 e. The molecule has 0 heterocycles. The molecule has 0 spiro atoms. The Bertz CT molecular complexity index is 419. The standard InChI is InChI=1S/C34H69NO/c1-3-5-7-9-11-13-15-17-19-20-22-24-26-28-30-32-34-35(36)33-31-29-27-25-23-21-18-16-14-12-10-8-6-4-2/h34H,3-33H2,1-2H3/b35-34+. The number of hydrogen-bond acceptors (Lipinski definition) is 1. The van der Waals surface area contributed by atoms with Crippen LogP contribution in [0.1, 0.15) is 206 Å². The predicted octanol–water partition coefficient (Wildman–Crippen LogP) is 12.3. The lowest BCUT2D eigenvalue weighted by Gasteiger charge is -2.05. The van der Waals surface area contributed by atoms with Crippen LogP contribution in [0.25, 0.3) is 0 Å². The molecular formula is C34H69NO. The molecule has 0 saturated heterocycles. The molecule has 0 saturated carbocycles. The minimum Gasteiger partial charge on any atom is -0.624 e. The van der Waals surface area contributed by atoms with Crippen molar-refractivity contribution in [2.24, 2.45) is 0 Å². The third-order valence-electron chi connectivity index (χ3n) is 7.87. The van der Waals surface area contributed by atoms with Gasteiger partial charge in [-0.05, 0) is 12.8 Å². The summed E-state index contributed by atoms with van der Waals surface area (Å²) in [5.41, 5.74) is 0. The summed E-state index contributed by atoms with van der Waals surface area (Å²) < 4.78 is 1.21. The van der Waals surface area contributed by atoms with E-state index in [4.69, 9.17) is 0 Å². The first kappa shape index (κ1) is 35.5. The first-order valence-corrected chi connectivity index (χ1v) is 17.1. The maximum absolute atomic E-state index is 12.0. The molecule has 0 N–H and O–H groups in total. The fourth-order valence-corrected chi connectivity index (χ4v) is 5.30. The van der Waals surface area contributed by atoms with Crippen LogP contribution in [0.3, 0.4) is 0 Å². The van der Waals surface area contributed by atoms with Gasteiger partial charge in [-0.1, -0.05) is 181 Å². The molecule has 0 aromatic heterocycles. The molecule has 0 fully saturated rings. The number of unbranched alkanes of at least 4 members (excludes halogenated alkanes) is 28. The Morgan fingerprint density at radius 3 is 0.917 bits per heavy atom. The molecule has 2 heteroatoms. The Balaban J connectivity index is 3.21. The van der Waals surface area contributed by atoms with Gasteiger partial charge in [0, 0.05) is 12.8 Å². The Morgan fingerprint density at radius 2 is 0.611 bits per heavy atom. The minimum atomic E-state index is 0.705. The summed E-state index contributed by atoms with van der Waals surface area (Å²) in [6.45, 7) is 5.29. The second-order valence-corrected chi connectivity index (χ2v) is 11.7. The van der Waals surface area contributed by atoms with Crippen LogP contribution in [-0.2, 0) is 0 Å². The lowest BCUT2D eigenvalue weighted by Crippen LogP contribution is -2.06. The van der Waals surface area contributed by atoms with Crippen LogP contribution < -0.4 is 0 Å². The summed E-state index contributed by atoms with van der Waals surface area (Å²) in [5, 5.41) is 12.0. The second-order valence-electron chi connectivity index (χ2n) is 11.7. The van der Waals surface area contributed by atoms with Crippen LogP contribution in [0.15, 0.2) is 0 Å². The van der Waals surface area contributed by atoms with E-state index >= 15 is 0 Å². The first-order chi connectivity index (χ1) is 17.8. The lowest BCUT2D eigenvalue weighted by molar-refractivity contribution is -0.454. The molecule has 0 rings (SSSR count). The molecule has 0 aliphatic heterocycles.